The Morgan fingerprint density at radius 1 is 1.06 bits per heavy atom. The number of thiocyanates is 1. The zero-order valence-corrected chi connectivity index (χ0v) is 19.8. The van der Waals surface area contributed by atoms with Crippen LogP contribution in [0, 0.1) is 57.8 Å². The molecule has 1 aromatic rings. The third kappa shape index (κ3) is 6.36. The van der Waals surface area contributed by atoms with Crippen LogP contribution in [0.15, 0.2) is 28.2 Å². The molecule has 2 atom stereocenters. The van der Waals surface area contributed by atoms with Crippen molar-refractivity contribution in [2.45, 2.75) is 83.5 Å². The molecule has 0 radical (unpaired) electrons. The predicted octanol–water partition coefficient (Wildman–Crippen LogP) is 8.25. The Labute approximate surface area is 190 Å². The Bertz CT molecular complexity index is 886. The highest BCUT2D eigenvalue weighted by Crippen LogP contribution is 2.42. The van der Waals surface area contributed by atoms with Crippen LogP contribution < -0.4 is 0 Å². The van der Waals surface area contributed by atoms with Gasteiger partial charge in [-0.3, -0.25) is 0 Å². The summed E-state index contributed by atoms with van der Waals surface area (Å²) in [6, 6.07) is 2.43. The van der Waals surface area contributed by atoms with Crippen molar-refractivity contribution in [3.63, 3.8) is 0 Å². The molecule has 3 rings (SSSR count). The molecule has 0 amide bonds. The quantitative estimate of drug-likeness (QED) is 0.261. The highest BCUT2D eigenvalue weighted by molar-refractivity contribution is 8.03. The first-order valence-corrected chi connectivity index (χ1v) is 12.5. The van der Waals surface area contributed by atoms with Crippen molar-refractivity contribution in [2.75, 3.05) is 0 Å². The molecule has 1 nitrogen and oxygen atoms in total. The average molecular weight is 442 g/mol. The van der Waals surface area contributed by atoms with Crippen LogP contribution in [0.1, 0.15) is 84.1 Å². The summed E-state index contributed by atoms with van der Waals surface area (Å²) in [6.07, 6.45) is 11.4. The van der Waals surface area contributed by atoms with E-state index in [1.54, 1.807) is 5.40 Å². The second-order valence-electron chi connectivity index (χ2n) is 9.50. The third-order valence-electron chi connectivity index (χ3n) is 7.34. The van der Waals surface area contributed by atoms with Crippen molar-refractivity contribution in [3.8, 4) is 17.2 Å². The van der Waals surface area contributed by atoms with E-state index >= 15 is 0 Å². The number of thioether (sulfide) groups is 1. The lowest BCUT2D eigenvalue weighted by molar-refractivity contribution is 0.174. The molecule has 2 unspecified atom stereocenters. The van der Waals surface area contributed by atoms with Gasteiger partial charge in [-0.25, -0.2) is 8.78 Å². The van der Waals surface area contributed by atoms with Gasteiger partial charge in [0.2, 0.25) is 0 Å². The van der Waals surface area contributed by atoms with Crippen LogP contribution in [0.25, 0.3) is 0 Å². The SMILES string of the molecule is CCC(C)CC1CCC(C2CCC(C#Cc3cc(F)c(SC#N)c(F)c3)=C(C)C2)CC1. The van der Waals surface area contributed by atoms with Crippen molar-refractivity contribution in [1.29, 1.82) is 5.26 Å². The minimum Gasteiger partial charge on any atom is -0.206 e. The number of hydrogen-bond acceptors (Lipinski definition) is 2. The second-order valence-corrected chi connectivity index (χ2v) is 10.3. The van der Waals surface area contributed by atoms with Crippen molar-refractivity contribution in [2.24, 2.45) is 23.7 Å². The van der Waals surface area contributed by atoms with Crippen LogP contribution in [0.2, 0.25) is 0 Å². The van der Waals surface area contributed by atoms with Crippen LogP contribution in [0.4, 0.5) is 8.78 Å². The molecule has 2 aliphatic carbocycles. The van der Waals surface area contributed by atoms with E-state index in [1.807, 2.05) is 0 Å². The lowest BCUT2D eigenvalue weighted by atomic mass is 9.69. The first-order valence-electron chi connectivity index (χ1n) is 11.7. The molecule has 0 aliphatic heterocycles. The summed E-state index contributed by atoms with van der Waals surface area (Å²) in [6.45, 7) is 6.84. The van der Waals surface area contributed by atoms with Crippen LogP contribution >= 0.6 is 11.8 Å². The van der Waals surface area contributed by atoms with E-state index < -0.39 is 11.6 Å². The van der Waals surface area contributed by atoms with Gasteiger partial charge in [0.05, 0.1) is 4.90 Å². The largest absolute Gasteiger partial charge is 0.206 e. The number of hydrogen-bond donors (Lipinski definition) is 0. The maximum atomic E-state index is 14.0. The van der Waals surface area contributed by atoms with E-state index in [-0.39, 0.29) is 4.90 Å². The number of nitrogens with zero attached hydrogens (tertiary/aromatic N) is 1. The molecular formula is C27H33F2NS. The van der Waals surface area contributed by atoms with E-state index in [1.165, 1.54) is 62.7 Å². The monoisotopic (exact) mass is 441 g/mol. The van der Waals surface area contributed by atoms with Crippen molar-refractivity contribution in [1.82, 2.24) is 0 Å². The zero-order chi connectivity index (χ0) is 22.4. The van der Waals surface area contributed by atoms with Gasteiger partial charge >= 0.3 is 0 Å². The van der Waals surface area contributed by atoms with Crippen molar-refractivity contribution >= 4 is 11.8 Å². The third-order valence-corrected chi connectivity index (χ3v) is 8.03. The fourth-order valence-electron chi connectivity index (χ4n) is 5.29. The maximum Gasteiger partial charge on any atom is 0.142 e. The molecule has 0 heterocycles. The smallest absolute Gasteiger partial charge is 0.142 e. The first kappa shape index (κ1) is 23.9. The molecular weight excluding hydrogens is 408 g/mol. The molecule has 166 valence electrons. The predicted molar refractivity (Wildman–Crippen MR) is 124 cm³/mol. The van der Waals surface area contributed by atoms with Crippen LogP contribution in [0.3, 0.4) is 0 Å². The minimum absolute atomic E-state index is 0.261. The van der Waals surface area contributed by atoms with Gasteiger partial charge in [-0.05, 0) is 93.0 Å². The van der Waals surface area contributed by atoms with E-state index in [4.69, 9.17) is 5.26 Å². The van der Waals surface area contributed by atoms with Crippen LogP contribution in [-0.2, 0) is 0 Å². The summed E-state index contributed by atoms with van der Waals surface area (Å²) in [5.41, 5.74) is 2.78. The molecule has 0 N–H and O–H groups in total. The van der Waals surface area contributed by atoms with Gasteiger partial charge < -0.3 is 0 Å². The molecule has 1 saturated carbocycles. The molecule has 0 bridgehead atoms. The lowest BCUT2D eigenvalue weighted by Gasteiger charge is -2.37. The van der Waals surface area contributed by atoms with Gasteiger partial charge in [0.15, 0.2) is 0 Å². The highest BCUT2D eigenvalue weighted by Gasteiger charge is 2.30. The van der Waals surface area contributed by atoms with Crippen LogP contribution in [-0.4, -0.2) is 0 Å². The number of halogens is 2. The summed E-state index contributed by atoms with van der Waals surface area (Å²) in [5, 5.41) is 10.4. The Balaban J connectivity index is 1.60. The molecule has 31 heavy (non-hydrogen) atoms. The summed E-state index contributed by atoms with van der Waals surface area (Å²) in [7, 11) is 0. The normalized spacial score (nSPS) is 24.8. The Morgan fingerprint density at radius 2 is 1.74 bits per heavy atom. The maximum absolute atomic E-state index is 14.0. The Kier molecular flexibility index (Phi) is 8.62. The molecule has 0 saturated heterocycles. The molecule has 1 aromatic carbocycles. The number of allylic oxidation sites excluding steroid dienone is 2. The molecule has 2 aliphatic rings. The van der Waals surface area contributed by atoms with Gasteiger partial charge in [-0.15, -0.1) is 0 Å². The van der Waals surface area contributed by atoms with Gasteiger partial charge in [0.1, 0.15) is 17.0 Å². The second kappa shape index (κ2) is 11.2. The summed E-state index contributed by atoms with van der Waals surface area (Å²) >= 11 is 0.499. The number of nitriles is 1. The fourth-order valence-corrected chi connectivity index (χ4v) is 5.69. The molecule has 0 aromatic heterocycles. The van der Waals surface area contributed by atoms with E-state index in [9.17, 15) is 8.78 Å². The van der Waals surface area contributed by atoms with Gasteiger partial charge in [-0.2, -0.15) is 5.26 Å². The summed E-state index contributed by atoms with van der Waals surface area (Å²) in [5.74, 6) is 8.03. The molecule has 4 heteroatoms. The van der Waals surface area contributed by atoms with Gasteiger partial charge in [0.25, 0.3) is 0 Å². The number of rotatable bonds is 5. The van der Waals surface area contributed by atoms with Gasteiger partial charge in [-0.1, -0.05) is 50.5 Å². The van der Waals surface area contributed by atoms with E-state index in [0.29, 0.717) is 17.3 Å². The minimum atomic E-state index is -0.728. The summed E-state index contributed by atoms with van der Waals surface area (Å²) in [4.78, 5) is -0.261. The standard InChI is InChI=1S/C27H33F2NS/c1-4-18(2)13-20-5-9-23(10-6-20)24-12-11-22(19(3)14-24)8-7-21-15-25(28)27(31-17-30)26(29)16-21/h15-16,18,20,23-24H,4-6,9-14H2,1-3H3. The van der Waals surface area contributed by atoms with E-state index in [0.717, 1.165) is 42.1 Å². The Morgan fingerprint density at radius 3 is 2.32 bits per heavy atom. The van der Waals surface area contributed by atoms with Crippen molar-refractivity contribution < 1.29 is 8.78 Å². The first-order chi connectivity index (χ1) is 14.9. The lowest BCUT2D eigenvalue weighted by Crippen LogP contribution is -2.25. The summed E-state index contributed by atoms with van der Waals surface area (Å²) < 4.78 is 28.0. The molecule has 0 spiro atoms. The zero-order valence-electron chi connectivity index (χ0n) is 18.9. The van der Waals surface area contributed by atoms with Gasteiger partial charge in [0, 0.05) is 11.1 Å². The number of benzene rings is 1. The van der Waals surface area contributed by atoms with E-state index in [2.05, 4.69) is 32.6 Å². The van der Waals surface area contributed by atoms with Crippen molar-refractivity contribution in [3.05, 3.63) is 40.5 Å². The fraction of sp³-hybridized carbons (Fsp3) is 0.593. The highest BCUT2D eigenvalue weighted by atomic mass is 32.2. The van der Waals surface area contributed by atoms with Crippen LogP contribution in [0.5, 0.6) is 0 Å². The topological polar surface area (TPSA) is 23.8 Å². The Hall–Kier alpha value is -1.78. The molecule has 1 fully saturated rings. The average Bonchev–Trinajstić information content (AvgIpc) is 2.76.